The zero-order chi connectivity index (χ0) is 14.7. The predicted octanol–water partition coefficient (Wildman–Crippen LogP) is 2.42. The average Bonchev–Trinajstić information content (AvgIpc) is 3.15. The van der Waals surface area contributed by atoms with E-state index >= 15 is 0 Å². The molecule has 5 nitrogen and oxygen atoms in total. The van der Waals surface area contributed by atoms with Crippen molar-refractivity contribution < 1.29 is 9.90 Å². The second-order valence-electron chi connectivity index (χ2n) is 5.38. The van der Waals surface area contributed by atoms with E-state index in [9.17, 15) is 4.79 Å². The molecule has 1 aliphatic carbocycles. The maximum absolute atomic E-state index is 11.0. The number of hydrogen-bond acceptors (Lipinski definition) is 3. The Bertz CT molecular complexity index is 483. The van der Waals surface area contributed by atoms with Gasteiger partial charge in [0.2, 0.25) is 0 Å². The van der Waals surface area contributed by atoms with E-state index in [0.29, 0.717) is 17.5 Å². The molecule has 1 aromatic rings. The highest BCUT2D eigenvalue weighted by atomic mass is 35.5. The minimum absolute atomic E-state index is 0.0587. The standard InChI is InChI=1S/C14H22ClN3O2/c1-3-11-14(15)12(18(4-2)16-11)8-17(9-13(19)20)7-10-5-6-10/h10H,3-9H2,1-2H3,(H,19,20). The third kappa shape index (κ3) is 3.73. The van der Waals surface area contributed by atoms with E-state index in [1.807, 2.05) is 23.4 Å². The van der Waals surface area contributed by atoms with Gasteiger partial charge in [0.15, 0.2) is 0 Å². The maximum atomic E-state index is 11.0. The molecule has 1 heterocycles. The van der Waals surface area contributed by atoms with Gasteiger partial charge < -0.3 is 5.11 Å². The molecule has 0 amide bonds. The summed E-state index contributed by atoms with van der Waals surface area (Å²) in [4.78, 5) is 13.0. The van der Waals surface area contributed by atoms with Gasteiger partial charge in [-0.2, -0.15) is 5.10 Å². The van der Waals surface area contributed by atoms with Crippen LogP contribution in [0.4, 0.5) is 0 Å². The first-order chi connectivity index (χ1) is 9.55. The zero-order valence-electron chi connectivity index (χ0n) is 12.1. The van der Waals surface area contributed by atoms with Crippen LogP contribution in [0.3, 0.4) is 0 Å². The van der Waals surface area contributed by atoms with E-state index in [1.165, 1.54) is 12.8 Å². The van der Waals surface area contributed by atoms with Crippen LogP contribution in [-0.4, -0.2) is 38.8 Å². The minimum atomic E-state index is -0.792. The van der Waals surface area contributed by atoms with Gasteiger partial charge in [-0.15, -0.1) is 0 Å². The van der Waals surface area contributed by atoms with Gasteiger partial charge in [-0.1, -0.05) is 18.5 Å². The van der Waals surface area contributed by atoms with Gasteiger partial charge in [-0.3, -0.25) is 14.4 Å². The van der Waals surface area contributed by atoms with Crippen LogP contribution in [0, 0.1) is 5.92 Å². The first-order valence-corrected chi connectivity index (χ1v) is 7.61. The van der Waals surface area contributed by atoms with Crippen LogP contribution in [-0.2, 0) is 24.3 Å². The van der Waals surface area contributed by atoms with Crippen molar-refractivity contribution in [2.45, 2.75) is 46.2 Å². The summed E-state index contributed by atoms with van der Waals surface area (Å²) < 4.78 is 1.89. The molecule has 0 saturated heterocycles. The summed E-state index contributed by atoms with van der Waals surface area (Å²) in [7, 11) is 0. The van der Waals surface area contributed by atoms with Crippen LogP contribution in [0.25, 0.3) is 0 Å². The molecule has 0 atom stereocenters. The number of carbonyl (C=O) groups is 1. The molecule has 2 rings (SSSR count). The van der Waals surface area contributed by atoms with Crippen LogP contribution in [0.1, 0.15) is 38.1 Å². The lowest BCUT2D eigenvalue weighted by molar-refractivity contribution is -0.138. The summed E-state index contributed by atoms with van der Waals surface area (Å²) in [6, 6.07) is 0. The Hall–Kier alpha value is -1.07. The summed E-state index contributed by atoms with van der Waals surface area (Å²) in [5.41, 5.74) is 1.83. The fourth-order valence-corrected chi connectivity index (χ4v) is 2.75. The van der Waals surface area contributed by atoms with Crippen molar-refractivity contribution in [3.8, 4) is 0 Å². The molecule has 0 aliphatic heterocycles. The van der Waals surface area contributed by atoms with Gasteiger partial charge in [0.1, 0.15) is 0 Å². The molecule has 1 fully saturated rings. The average molecular weight is 300 g/mol. The van der Waals surface area contributed by atoms with Crippen LogP contribution in [0.2, 0.25) is 5.02 Å². The third-order valence-corrected chi connectivity index (χ3v) is 4.08. The Morgan fingerprint density at radius 2 is 2.20 bits per heavy atom. The summed E-state index contributed by atoms with van der Waals surface area (Å²) in [6.07, 6.45) is 3.20. The summed E-state index contributed by atoms with van der Waals surface area (Å²) in [6.45, 7) is 6.25. The van der Waals surface area contributed by atoms with Crippen molar-refractivity contribution in [2.24, 2.45) is 5.92 Å². The van der Waals surface area contributed by atoms with Crippen molar-refractivity contribution in [3.05, 3.63) is 16.4 Å². The summed E-state index contributed by atoms with van der Waals surface area (Å²) in [5, 5.41) is 14.2. The Morgan fingerprint density at radius 3 is 2.70 bits per heavy atom. The molecule has 112 valence electrons. The number of carboxylic acid groups (broad SMARTS) is 1. The molecule has 20 heavy (non-hydrogen) atoms. The van der Waals surface area contributed by atoms with Gasteiger partial charge in [-0.05, 0) is 32.1 Å². The van der Waals surface area contributed by atoms with Gasteiger partial charge >= 0.3 is 5.97 Å². The van der Waals surface area contributed by atoms with E-state index in [1.54, 1.807) is 0 Å². The number of halogens is 1. The van der Waals surface area contributed by atoms with Crippen molar-refractivity contribution in [3.63, 3.8) is 0 Å². The SMILES string of the molecule is CCc1nn(CC)c(CN(CC(=O)O)CC2CC2)c1Cl. The molecule has 0 aromatic carbocycles. The van der Waals surface area contributed by atoms with E-state index in [2.05, 4.69) is 5.10 Å². The van der Waals surface area contributed by atoms with Gasteiger partial charge in [0.05, 0.1) is 23.0 Å². The van der Waals surface area contributed by atoms with Gasteiger partial charge in [0, 0.05) is 19.6 Å². The third-order valence-electron chi connectivity index (χ3n) is 3.64. The van der Waals surface area contributed by atoms with Crippen molar-refractivity contribution in [2.75, 3.05) is 13.1 Å². The lowest BCUT2D eigenvalue weighted by Crippen LogP contribution is -2.32. The minimum Gasteiger partial charge on any atom is -0.480 e. The number of nitrogens with zero attached hydrogens (tertiary/aromatic N) is 3. The molecule has 1 N–H and O–H groups in total. The molecular weight excluding hydrogens is 278 g/mol. The smallest absolute Gasteiger partial charge is 0.317 e. The highest BCUT2D eigenvalue weighted by Gasteiger charge is 2.27. The highest BCUT2D eigenvalue weighted by Crippen LogP contribution is 2.31. The topological polar surface area (TPSA) is 58.4 Å². The van der Waals surface area contributed by atoms with Crippen molar-refractivity contribution >= 4 is 17.6 Å². The Labute approximate surface area is 124 Å². The van der Waals surface area contributed by atoms with Crippen LogP contribution in [0.5, 0.6) is 0 Å². The fraction of sp³-hybridized carbons (Fsp3) is 0.714. The second-order valence-corrected chi connectivity index (χ2v) is 5.76. The lowest BCUT2D eigenvalue weighted by Gasteiger charge is -2.20. The summed E-state index contributed by atoms with van der Waals surface area (Å²) >= 11 is 6.38. The maximum Gasteiger partial charge on any atom is 0.317 e. The Kier molecular flexibility index (Phi) is 5.05. The predicted molar refractivity (Wildman–Crippen MR) is 77.9 cm³/mol. The molecule has 1 aliphatic rings. The number of aliphatic carboxylic acids is 1. The Balaban J connectivity index is 2.15. The number of carboxylic acids is 1. The molecule has 0 radical (unpaired) electrons. The molecule has 1 aromatic heterocycles. The zero-order valence-corrected chi connectivity index (χ0v) is 12.9. The van der Waals surface area contributed by atoms with Gasteiger partial charge in [0.25, 0.3) is 0 Å². The van der Waals surface area contributed by atoms with E-state index < -0.39 is 5.97 Å². The largest absolute Gasteiger partial charge is 0.480 e. The highest BCUT2D eigenvalue weighted by molar-refractivity contribution is 6.31. The first kappa shape index (κ1) is 15.3. The molecule has 0 spiro atoms. The number of aromatic nitrogens is 2. The number of aryl methyl sites for hydroxylation is 2. The van der Waals surface area contributed by atoms with Gasteiger partial charge in [-0.25, -0.2) is 0 Å². The van der Waals surface area contributed by atoms with E-state index in [-0.39, 0.29) is 6.54 Å². The summed E-state index contributed by atoms with van der Waals surface area (Å²) in [5.74, 6) is -0.142. The second kappa shape index (κ2) is 6.59. The molecule has 0 unspecified atom stereocenters. The number of rotatable bonds is 8. The molecular formula is C14H22ClN3O2. The molecule has 1 saturated carbocycles. The normalized spacial score (nSPS) is 15.0. The monoisotopic (exact) mass is 299 g/mol. The molecule has 0 bridgehead atoms. The van der Waals surface area contributed by atoms with Crippen molar-refractivity contribution in [1.29, 1.82) is 0 Å². The van der Waals surface area contributed by atoms with Crippen LogP contribution < -0.4 is 0 Å². The molecule has 6 heteroatoms. The van der Waals surface area contributed by atoms with Crippen LogP contribution >= 0.6 is 11.6 Å². The van der Waals surface area contributed by atoms with E-state index in [4.69, 9.17) is 16.7 Å². The lowest BCUT2D eigenvalue weighted by atomic mass is 10.2. The fourth-order valence-electron chi connectivity index (χ4n) is 2.42. The van der Waals surface area contributed by atoms with Crippen molar-refractivity contribution in [1.82, 2.24) is 14.7 Å². The van der Waals surface area contributed by atoms with Crippen LogP contribution in [0.15, 0.2) is 0 Å². The quantitative estimate of drug-likeness (QED) is 0.801. The number of hydrogen-bond donors (Lipinski definition) is 1. The Morgan fingerprint density at radius 1 is 1.50 bits per heavy atom. The van der Waals surface area contributed by atoms with E-state index in [0.717, 1.165) is 30.9 Å². The first-order valence-electron chi connectivity index (χ1n) is 7.23.